The molecule has 0 spiro atoms. The van der Waals surface area contributed by atoms with Crippen molar-refractivity contribution in [3.05, 3.63) is 28.5 Å². The Hall–Kier alpha value is -1.10. The Labute approximate surface area is 108 Å². The van der Waals surface area contributed by atoms with Crippen LogP contribution in [0.3, 0.4) is 0 Å². The fourth-order valence-corrected chi connectivity index (χ4v) is 2.37. The second-order valence-electron chi connectivity index (χ2n) is 4.07. The van der Waals surface area contributed by atoms with E-state index in [9.17, 15) is 9.18 Å². The van der Waals surface area contributed by atoms with Crippen molar-refractivity contribution in [3.63, 3.8) is 0 Å². The van der Waals surface area contributed by atoms with Gasteiger partial charge in [0.15, 0.2) is 0 Å². The Balaban J connectivity index is 1.90. The first-order chi connectivity index (χ1) is 8.16. The first-order valence-corrected chi connectivity index (χ1v) is 6.43. The number of amides is 1. The van der Waals surface area contributed by atoms with Gasteiger partial charge < -0.3 is 10.2 Å². The molecule has 2 rings (SSSR count). The molecule has 1 N–H and O–H groups in total. The van der Waals surface area contributed by atoms with E-state index in [2.05, 4.69) is 21.2 Å². The van der Waals surface area contributed by atoms with Gasteiger partial charge in [0.1, 0.15) is 5.82 Å². The summed E-state index contributed by atoms with van der Waals surface area (Å²) < 4.78 is 13.5. The maximum Gasteiger partial charge on any atom is 0.241 e. The molecule has 1 aliphatic heterocycles. The monoisotopic (exact) mass is 300 g/mol. The van der Waals surface area contributed by atoms with Crippen molar-refractivity contribution in [3.8, 4) is 0 Å². The smallest absolute Gasteiger partial charge is 0.241 e. The van der Waals surface area contributed by atoms with Crippen LogP contribution in [0.2, 0.25) is 0 Å². The Kier molecular flexibility index (Phi) is 3.99. The fraction of sp³-hybridized carbons (Fsp3) is 0.417. The largest absolute Gasteiger partial charge is 0.375 e. The van der Waals surface area contributed by atoms with E-state index in [0.717, 1.165) is 31.6 Å². The van der Waals surface area contributed by atoms with E-state index in [4.69, 9.17) is 0 Å². The highest BCUT2D eigenvalue weighted by molar-refractivity contribution is 9.10. The third-order valence-electron chi connectivity index (χ3n) is 2.82. The van der Waals surface area contributed by atoms with Crippen LogP contribution in [0.15, 0.2) is 22.7 Å². The van der Waals surface area contributed by atoms with Crippen LogP contribution in [-0.2, 0) is 4.79 Å². The lowest BCUT2D eigenvalue weighted by Crippen LogP contribution is -2.33. The van der Waals surface area contributed by atoms with Gasteiger partial charge in [-0.05, 0) is 47.0 Å². The summed E-state index contributed by atoms with van der Waals surface area (Å²) in [6.07, 6.45) is 2.18. The van der Waals surface area contributed by atoms with Crippen LogP contribution in [0.1, 0.15) is 12.8 Å². The standard InChI is InChI=1S/C12H14BrFN2O/c13-10-7-9(14)3-4-11(10)15-8-12(17)16-5-1-2-6-16/h3-4,7,15H,1-2,5-6,8H2. The Morgan fingerprint density at radius 1 is 1.41 bits per heavy atom. The number of likely N-dealkylation sites (tertiary alicyclic amines) is 1. The molecule has 0 radical (unpaired) electrons. The number of rotatable bonds is 3. The number of nitrogens with zero attached hydrogens (tertiary/aromatic N) is 1. The normalized spacial score (nSPS) is 15.1. The molecule has 1 saturated heterocycles. The van der Waals surface area contributed by atoms with Crippen molar-refractivity contribution in [2.45, 2.75) is 12.8 Å². The third kappa shape index (κ3) is 3.19. The van der Waals surface area contributed by atoms with Crippen molar-refractivity contribution in [2.24, 2.45) is 0 Å². The Morgan fingerprint density at radius 3 is 2.76 bits per heavy atom. The topological polar surface area (TPSA) is 32.3 Å². The number of hydrogen-bond donors (Lipinski definition) is 1. The lowest BCUT2D eigenvalue weighted by Gasteiger charge is -2.16. The minimum Gasteiger partial charge on any atom is -0.375 e. The summed E-state index contributed by atoms with van der Waals surface area (Å²) in [5.41, 5.74) is 0.735. The maximum absolute atomic E-state index is 12.9. The molecule has 0 aromatic heterocycles. The maximum atomic E-state index is 12.9. The first-order valence-electron chi connectivity index (χ1n) is 5.63. The van der Waals surface area contributed by atoms with E-state index in [1.807, 2.05) is 4.90 Å². The van der Waals surface area contributed by atoms with Crippen molar-refractivity contribution in [2.75, 3.05) is 25.0 Å². The van der Waals surface area contributed by atoms with Crippen LogP contribution in [-0.4, -0.2) is 30.4 Å². The van der Waals surface area contributed by atoms with Gasteiger partial charge in [-0.25, -0.2) is 4.39 Å². The SMILES string of the molecule is O=C(CNc1ccc(F)cc1Br)N1CCCC1. The highest BCUT2D eigenvalue weighted by Crippen LogP contribution is 2.22. The summed E-state index contributed by atoms with van der Waals surface area (Å²) in [4.78, 5) is 13.6. The zero-order valence-corrected chi connectivity index (χ0v) is 11.0. The second kappa shape index (κ2) is 5.49. The molecular weight excluding hydrogens is 287 g/mol. The van der Waals surface area contributed by atoms with E-state index in [0.29, 0.717) is 4.47 Å². The van der Waals surface area contributed by atoms with Gasteiger partial charge >= 0.3 is 0 Å². The van der Waals surface area contributed by atoms with E-state index in [1.54, 1.807) is 6.07 Å². The van der Waals surface area contributed by atoms with Gasteiger partial charge in [0.2, 0.25) is 5.91 Å². The second-order valence-corrected chi connectivity index (χ2v) is 4.92. The van der Waals surface area contributed by atoms with Gasteiger partial charge in [-0.1, -0.05) is 0 Å². The molecule has 3 nitrogen and oxygen atoms in total. The number of carbonyl (C=O) groups is 1. The van der Waals surface area contributed by atoms with Crippen molar-refractivity contribution >= 4 is 27.5 Å². The molecule has 0 atom stereocenters. The molecule has 0 saturated carbocycles. The highest BCUT2D eigenvalue weighted by Gasteiger charge is 2.17. The van der Waals surface area contributed by atoms with Gasteiger partial charge in [0.25, 0.3) is 0 Å². The van der Waals surface area contributed by atoms with Crippen molar-refractivity contribution < 1.29 is 9.18 Å². The van der Waals surface area contributed by atoms with Gasteiger partial charge in [-0.2, -0.15) is 0 Å². The van der Waals surface area contributed by atoms with Crippen LogP contribution in [0, 0.1) is 5.82 Å². The Morgan fingerprint density at radius 2 is 2.12 bits per heavy atom. The van der Waals surface area contributed by atoms with Gasteiger partial charge in [0, 0.05) is 23.2 Å². The number of nitrogens with one attached hydrogen (secondary N) is 1. The van der Waals surface area contributed by atoms with E-state index in [-0.39, 0.29) is 18.3 Å². The number of carbonyl (C=O) groups excluding carboxylic acids is 1. The number of hydrogen-bond acceptors (Lipinski definition) is 2. The lowest BCUT2D eigenvalue weighted by atomic mass is 10.3. The summed E-state index contributed by atoms with van der Waals surface area (Å²) in [6, 6.07) is 4.37. The molecule has 1 aromatic rings. The van der Waals surface area contributed by atoms with Gasteiger partial charge in [-0.15, -0.1) is 0 Å². The van der Waals surface area contributed by atoms with E-state index >= 15 is 0 Å². The summed E-state index contributed by atoms with van der Waals surface area (Å²) in [5.74, 6) is -0.202. The number of benzene rings is 1. The minimum absolute atomic E-state index is 0.0960. The minimum atomic E-state index is -0.298. The predicted octanol–water partition coefficient (Wildman–Crippen LogP) is 2.62. The van der Waals surface area contributed by atoms with Gasteiger partial charge in [0.05, 0.1) is 6.54 Å². The summed E-state index contributed by atoms with van der Waals surface area (Å²) in [6.45, 7) is 1.96. The van der Waals surface area contributed by atoms with Crippen molar-refractivity contribution in [1.29, 1.82) is 0 Å². The molecule has 92 valence electrons. The molecule has 1 amide bonds. The molecule has 5 heteroatoms. The van der Waals surface area contributed by atoms with Gasteiger partial charge in [-0.3, -0.25) is 4.79 Å². The average Bonchev–Trinajstić information content (AvgIpc) is 2.81. The molecule has 1 aromatic carbocycles. The summed E-state index contributed by atoms with van der Waals surface area (Å²) in [7, 11) is 0. The molecule has 17 heavy (non-hydrogen) atoms. The molecule has 1 aliphatic rings. The average molecular weight is 301 g/mol. The molecule has 1 fully saturated rings. The van der Waals surface area contributed by atoms with E-state index < -0.39 is 0 Å². The number of halogens is 2. The molecule has 1 heterocycles. The lowest BCUT2D eigenvalue weighted by molar-refractivity contribution is -0.128. The first kappa shape index (κ1) is 12.4. The molecular formula is C12H14BrFN2O. The zero-order chi connectivity index (χ0) is 12.3. The third-order valence-corrected chi connectivity index (χ3v) is 3.48. The summed E-state index contributed by atoms with van der Waals surface area (Å²) >= 11 is 3.25. The fourth-order valence-electron chi connectivity index (χ4n) is 1.88. The Bertz CT molecular complexity index is 419. The van der Waals surface area contributed by atoms with Crippen LogP contribution < -0.4 is 5.32 Å². The molecule has 0 bridgehead atoms. The van der Waals surface area contributed by atoms with Crippen LogP contribution in [0.5, 0.6) is 0 Å². The zero-order valence-electron chi connectivity index (χ0n) is 9.38. The quantitative estimate of drug-likeness (QED) is 0.931. The van der Waals surface area contributed by atoms with Crippen molar-refractivity contribution in [1.82, 2.24) is 4.90 Å². The molecule has 0 unspecified atom stereocenters. The predicted molar refractivity (Wildman–Crippen MR) is 68.4 cm³/mol. The summed E-state index contributed by atoms with van der Waals surface area (Å²) in [5, 5.41) is 3.01. The van der Waals surface area contributed by atoms with Crippen LogP contribution in [0.25, 0.3) is 0 Å². The molecule has 0 aliphatic carbocycles. The van der Waals surface area contributed by atoms with Crippen LogP contribution >= 0.6 is 15.9 Å². The van der Waals surface area contributed by atoms with Crippen LogP contribution in [0.4, 0.5) is 10.1 Å². The number of anilines is 1. The van der Waals surface area contributed by atoms with E-state index in [1.165, 1.54) is 12.1 Å². The highest BCUT2D eigenvalue weighted by atomic mass is 79.9.